The van der Waals surface area contributed by atoms with Crippen molar-refractivity contribution in [3.8, 4) is 28.7 Å². The Morgan fingerprint density at radius 3 is 2.55 bits per heavy atom. The van der Waals surface area contributed by atoms with Crippen LogP contribution in [0.15, 0.2) is 30.3 Å². The zero-order valence-corrected chi connectivity index (χ0v) is 16.3. The van der Waals surface area contributed by atoms with E-state index in [1.54, 1.807) is 19.2 Å². The molecule has 0 saturated carbocycles. The number of methoxy groups -OCH3 is 1. The van der Waals surface area contributed by atoms with Crippen LogP contribution in [0.1, 0.15) is 34.8 Å². The van der Waals surface area contributed by atoms with Gasteiger partial charge in [0.1, 0.15) is 26.4 Å². The average Bonchev–Trinajstić information content (AvgIpc) is 3.27. The number of carbonyl (C=O) groups excluding carboxylic acids is 1. The fourth-order valence-electron chi connectivity index (χ4n) is 4.19. The third-order valence-corrected chi connectivity index (χ3v) is 5.54. The Bertz CT molecular complexity index is 926. The Balaban J connectivity index is 1.45. The second-order valence-corrected chi connectivity index (χ2v) is 7.26. The molecule has 1 fully saturated rings. The predicted octanol–water partition coefficient (Wildman–Crippen LogP) is 3.21. The first-order valence-electron chi connectivity index (χ1n) is 9.93. The van der Waals surface area contributed by atoms with Crippen molar-refractivity contribution >= 4 is 5.91 Å². The van der Waals surface area contributed by atoms with Crippen molar-refractivity contribution in [2.75, 3.05) is 40.1 Å². The van der Waals surface area contributed by atoms with Gasteiger partial charge in [0.05, 0.1) is 13.2 Å². The third-order valence-electron chi connectivity index (χ3n) is 5.54. The lowest BCUT2D eigenvalue weighted by Gasteiger charge is -2.28. The van der Waals surface area contributed by atoms with E-state index in [9.17, 15) is 4.79 Å². The number of hydrogen-bond donors (Lipinski definition) is 0. The summed E-state index contributed by atoms with van der Waals surface area (Å²) in [5.74, 6) is 3.08. The summed E-state index contributed by atoms with van der Waals surface area (Å²) in [7, 11) is 1.57. The smallest absolute Gasteiger partial charge is 0.254 e. The average molecular weight is 397 g/mol. The molecule has 0 aliphatic carbocycles. The molecule has 1 atom stereocenters. The van der Waals surface area contributed by atoms with Crippen LogP contribution in [0.3, 0.4) is 0 Å². The molecule has 3 heterocycles. The van der Waals surface area contributed by atoms with Crippen LogP contribution in [-0.2, 0) is 0 Å². The molecule has 7 heteroatoms. The van der Waals surface area contributed by atoms with Crippen molar-refractivity contribution in [1.82, 2.24) is 4.90 Å². The van der Waals surface area contributed by atoms with E-state index in [2.05, 4.69) is 0 Å². The van der Waals surface area contributed by atoms with E-state index in [-0.39, 0.29) is 11.9 Å². The van der Waals surface area contributed by atoms with Gasteiger partial charge in [-0.1, -0.05) is 6.07 Å². The molecular formula is C22H23NO6. The Morgan fingerprint density at radius 1 is 0.966 bits per heavy atom. The van der Waals surface area contributed by atoms with E-state index in [1.807, 2.05) is 23.1 Å². The lowest BCUT2D eigenvalue weighted by atomic mass is 10.0. The fraction of sp³-hybridized carbons (Fsp3) is 0.409. The first-order chi connectivity index (χ1) is 14.2. The molecule has 0 aromatic heterocycles. The second-order valence-electron chi connectivity index (χ2n) is 7.26. The van der Waals surface area contributed by atoms with Crippen LogP contribution in [0.2, 0.25) is 0 Å². The standard InChI is InChI=1S/C22H23NO6/c1-25-19-12-15(13-20-21(19)29-10-9-28-20)22(24)23-6-2-3-16(23)14-4-5-17-18(11-14)27-8-7-26-17/h4-5,11-13,16H,2-3,6-10H2,1H3. The highest BCUT2D eigenvalue weighted by Crippen LogP contribution is 2.42. The number of amides is 1. The van der Waals surface area contributed by atoms with Crippen LogP contribution in [-0.4, -0.2) is 50.9 Å². The molecule has 0 bridgehead atoms. The number of hydrogen-bond acceptors (Lipinski definition) is 6. The van der Waals surface area contributed by atoms with Crippen LogP contribution < -0.4 is 23.7 Å². The molecule has 2 aromatic carbocycles. The summed E-state index contributed by atoms with van der Waals surface area (Å²) in [6.07, 6.45) is 1.86. The van der Waals surface area contributed by atoms with Gasteiger partial charge in [0, 0.05) is 12.1 Å². The summed E-state index contributed by atoms with van der Waals surface area (Å²) in [5, 5.41) is 0. The maximum Gasteiger partial charge on any atom is 0.254 e. The van der Waals surface area contributed by atoms with Crippen LogP contribution in [0.5, 0.6) is 28.7 Å². The number of benzene rings is 2. The van der Waals surface area contributed by atoms with Gasteiger partial charge in [0.2, 0.25) is 5.75 Å². The van der Waals surface area contributed by atoms with Crippen molar-refractivity contribution in [3.05, 3.63) is 41.5 Å². The molecule has 29 heavy (non-hydrogen) atoms. The van der Waals surface area contributed by atoms with Gasteiger partial charge in [-0.3, -0.25) is 4.79 Å². The number of nitrogens with zero attached hydrogens (tertiary/aromatic N) is 1. The number of fused-ring (bicyclic) bond motifs is 2. The van der Waals surface area contributed by atoms with E-state index < -0.39 is 0 Å². The SMILES string of the molecule is COc1cc(C(=O)N2CCCC2c2ccc3c(c2)OCCO3)cc2c1OCCO2. The molecule has 0 N–H and O–H groups in total. The zero-order valence-electron chi connectivity index (χ0n) is 16.3. The highest BCUT2D eigenvalue weighted by molar-refractivity contribution is 5.96. The Labute approximate surface area is 169 Å². The van der Waals surface area contributed by atoms with Crippen molar-refractivity contribution in [2.24, 2.45) is 0 Å². The van der Waals surface area contributed by atoms with E-state index in [1.165, 1.54) is 0 Å². The predicted molar refractivity (Wildman–Crippen MR) is 104 cm³/mol. The maximum atomic E-state index is 13.4. The van der Waals surface area contributed by atoms with Crippen molar-refractivity contribution in [2.45, 2.75) is 18.9 Å². The number of rotatable bonds is 3. The molecule has 1 unspecified atom stereocenters. The summed E-state index contributed by atoms with van der Waals surface area (Å²) in [4.78, 5) is 15.3. The van der Waals surface area contributed by atoms with Crippen LogP contribution in [0.4, 0.5) is 0 Å². The monoisotopic (exact) mass is 397 g/mol. The van der Waals surface area contributed by atoms with Gasteiger partial charge in [-0.15, -0.1) is 0 Å². The summed E-state index contributed by atoms with van der Waals surface area (Å²) >= 11 is 0. The van der Waals surface area contributed by atoms with Gasteiger partial charge in [-0.05, 0) is 42.7 Å². The third kappa shape index (κ3) is 3.20. The molecule has 1 saturated heterocycles. The quantitative estimate of drug-likeness (QED) is 0.792. The van der Waals surface area contributed by atoms with E-state index in [0.717, 1.165) is 29.9 Å². The van der Waals surface area contributed by atoms with Crippen molar-refractivity contribution < 1.29 is 28.5 Å². The first-order valence-corrected chi connectivity index (χ1v) is 9.93. The lowest BCUT2D eigenvalue weighted by Crippen LogP contribution is -2.31. The number of carbonyl (C=O) groups is 1. The van der Waals surface area contributed by atoms with E-state index in [4.69, 9.17) is 23.7 Å². The summed E-state index contributed by atoms with van der Waals surface area (Å²) in [6, 6.07) is 9.42. The fourth-order valence-corrected chi connectivity index (χ4v) is 4.19. The van der Waals surface area contributed by atoms with E-state index >= 15 is 0 Å². The molecule has 0 radical (unpaired) electrons. The number of ether oxygens (including phenoxy) is 5. The molecule has 2 aromatic rings. The largest absolute Gasteiger partial charge is 0.493 e. The molecule has 5 rings (SSSR count). The second kappa shape index (κ2) is 7.39. The van der Waals surface area contributed by atoms with Gasteiger partial charge in [0.25, 0.3) is 5.91 Å². The van der Waals surface area contributed by atoms with Gasteiger partial charge < -0.3 is 28.6 Å². The minimum atomic E-state index is -0.0438. The van der Waals surface area contributed by atoms with Crippen molar-refractivity contribution in [3.63, 3.8) is 0 Å². The molecule has 0 spiro atoms. The Kier molecular flexibility index (Phi) is 4.58. The summed E-state index contributed by atoms with van der Waals surface area (Å²) < 4.78 is 28.1. The van der Waals surface area contributed by atoms with E-state index in [0.29, 0.717) is 55.8 Å². The molecule has 152 valence electrons. The minimum absolute atomic E-state index is 0.00229. The van der Waals surface area contributed by atoms with Gasteiger partial charge in [-0.2, -0.15) is 0 Å². The highest BCUT2D eigenvalue weighted by atomic mass is 16.6. The van der Waals surface area contributed by atoms with Crippen LogP contribution in [0, 0.1) is 0 Å². The highest BCUT2D eigenvalue weighted by Gasteiger charge is 2.33. The van der Waals surface area contributed by atoms with Crippen molar-refractivity contribution in [1.29, 1.82) is 0 Å². The minimum Gasteiger partial charge on any atom is -0.493 e. The Morgan fingerprint density at radius 2 is 1.72 bits per heavy atom. The molecule has 3 aliphatic heterocycles. The lowest BCUT2D eigenvalue weighted by molar-refractivity contribution is 0.0733. The zero-order chi connectivity index (χ0) is 19.8. The summed E-state index contributed by atoms with van der Waals surface area (Å²) in [6.45, 7) is 2.73. The van der Waals surface area contributed by atoms with Gasteiger partial charge in [0.15, 0.2) is 23.0 Å². The normalized spacial score (nSPS) is 19.8. The van der Waals surface area contributed by atoms with Crippen LogP contribution >= 0.6 is 0 Å². The van der Waals surface area contributed by atoms with Crippen LogP contribution in [0.25, 0.3) is 0 Å². The molecular weight excluding hydrogens is 374 g/mol. The molecule has 1 amide bonds. The maximum absolute atomic E-state index is 13.4. The summed E-state index contributed by atoms with van der Waals surface area (Å²) in [5.41, 5.74) is 1.60. The first kappa shape index (κ1) is 18.0. The topological polar surface area (TPSA) is 66.5 Å². The Hall–Kier alpha value is -3.09. The van der Waals surface area contributed by atoms with Gasteiger partial charge in [-0.25, -0.2) is 0 Å². The number of likely N-dealkylation sites (tertiary alicyclic amines) is 1. The van der Waals surface area contributed by atoms with Gasteiger partial charge >= 0.3 is 0 Å². The molecule has 3 aliphatic rings. The molecule has 7 nitrogen and oxygen atoms in total.